The highest BCUT2D eigenvalue weighted by Gasteiger charge is 2.23. The summed E-state index contributed by atoms with van der Waals surface area (Å²) < 4.78 is 40.9. The molecule has 1 aromatic carbocycles. The molecular formula is C11H12BrFN4O2S. The SMILES string of the molecule is Cn1nnc(Br)c1S(=O)(=O)NCCc1cccc(F)c1. The van der Waals surface area contributed by atoms with Crippen LogP contribution in [0.2, 0.25) is 0 Å². The minimum Gasteiger partial charge on any atom is -0.235 e. The van der Waals surface area contributed by atoms with E-state index in [9.17, 15) is 12.8 Å². The Morgan fingerprint density at radius 3 is 2.80 bits per heavy atom. The minimum absolute atomic E-state index is 0.0447. The normalized spacial score (nSPS) is 11.8. The molecule has 0 atom stereocenters. The van der Waals surface area contributed by atoms with Crippen LogP contribution >= 0.6 is 15.9 Å². The number of rotatable bonds is 5. The van der Waals surface area contributed by atoms with E-state index in [0.717, 1.165) is 10.2 Å². The van der Waals surface area contributed by atoms with Gasteiger partial charge in [0, 0.05) is 13.6 Å². The fourth-order valence-electron chi connectivity index (χ4n) is 1.70. The third-order valence-electron chi connectivity index (χ3n) is 2.59. The Morgan fingerprint density at radius 2 is 2.20 bits per heavy atom. The first-order valence-electron chi connectivity index (χ1n) is 5.69. The van der Waals surface area contributed by atoms with Gasteiger partial charge in [-0.3, -0.25) is 0 Å². The average Bonchev–Trinajstić information content (AvgIpc) is 2.69. The van der Waals surface area contributed by atoms with Gasteiger partial charge in [0.1, 0.15) is 5.82 Å². The van der Waals surface area contributed by atoms with Crippen LogP contribution in [-0.4, -0.2) is 30.0 Å². The highest BCUT2D eigenvalue weighted by atomic mass is 79.9. The molecule has 0 spiro atoms. The number of hydrogen-bond acceptors (Lipinski definition) is 4. The first kappa shape index (κ1) is 15.1. The number of aromatic nitrogens is 3. The van der Waals surface area contributed by atoms with Gasteiger partial charge in [-0.15, -0.1) is 5.10 Å². The first-order valence-corrected chi connectivity index (χ1v) is 7.97. The molecule has 0 aliphatic heterocycles. The monoisotopic (exact) mass is 362 g/mol. The van der Waals surface area contributed by atoms with Crippen LogP contribution in [0.5, 0.6) is 0 Å². The van der Waals surface area contributed by atoms with Crippen molar-refractivity contribution in [2.75, 3.05) is 6.54 Å². The predicted molar refractivity (Wildman–Crippen MR) is 74.0 cm³/mol. The van der Waals surface area contributed by atoms with Crippen molar-refractivity contribution in [2.24, 2.45) is 7.05 Å². The molecule has 108 valence electrons. The molecule has 2 rings (SSSR count). The molecule has 0 aliphatic carbocycles. The van der Waals surface area contributed by atoms with Gasteiger partial charge in [0.2, 0.25) is 5.03 Å². The molecule has 1 N–H and O–H groups in total. The minimum atomic E-state index is -3.71. The van der Waals surface area contributed by atoms with Gasteiger partial charge in [0.25, 0.3) is 10.0 Å². The van der Waals surface area contributed by atoms with E-state index < -0.39 is 10.0 Å². The van der Waals surface area contributed by atoms with Gasteiger partial charge in [-0.2, -0.15) is 0 Å². The van der Waals surface area contributed by atoms with Gasteiger partial charge in [-0.1, -0.05) is 17.3 Å². The largest absolute Gasteiger partial charge is 0.260 e. The second-order valence-electron chi connectivity index (χ2n) is 4.09. The Hall–Kier alpha value is -1.32. The van der Waals surface area contributed by atoms with Crippen LogP contribution in [0, 0.1) is 5.82 Å². The second-order valence-corrected chi connectivity index (χ2v) is 6.52. The summed E-state index contributed by atoms with van der Waals surface area (Å²) in [5.41, 5.74) is 0.717. The van der Waals surface area contributed by atoms with E-state index in [-0.39, 0.29) is 22.0 Å². The zero-order valence-electron chi connectivity index (χ0n) is 10.5. The van der Waals surface area contributed by atoms with Gasteiger partial charge >= 0.3 is 0 Å². The molecule has 9 heteroatoms. The Balaban J connectivity index is 2.04. The lowest BCUT2D eigenvalue weighted by atomic mass is 10.1. The highest BCUT2D eigenvalue weighted by Crippen LogP contribution is 2.17. The molecular weight excluding hydrogens is 351 g/mol. The molecule has 0 bridgehead atoms. The molecule has 20 heavy (non-hydrogen) atoms. The summed E-state index contributed by atoms with van der Waals surface area (Å²) in [5.74, 6) is -0.344. The van der Waals surface area contributed by atoms with Crippen molar-refractivity contribution >= 4 is 26.0 Å². The molecule has 0 radical (unpaired) electrons. The number of benzene rings is 1. The van der Waals surface area contributed by atoms with E-state index in [2.05, 4.69) is 31.0 Å². The van der Waals surface area contributed by atoms with Gasteiger partial charge in [-0.05, 0) is 40.0 Å². The number of sulfonamides is 1. The lowest BCUT2D eigenvalue weighted by Crippen LogP contribution is -2.28. The van der Waals surface area contributed by atoms with Gasteiger partial charge in [0.05, 0.1) is 0 Å². The van der Waals surface area contributed by atoms with Crippen molar-refractivity contribution in [1.29, 1.82) is 0 Å². The van der Waals surface area contributed by atoms with Crippen LogP contribution in [0.1, 0.15) is 5.56 Å². The van der Waals surface area contributed by atoms with E-state index in [1.165, 1.54) is 19.2 Å². The maximum absolute atomic E-state index is 13.0. The van der Waals surface area contributed by atoms with Crippen LogP contribution < -0.4 is 4.72 Å². The predicted octanol–water partition coefficient (Wildman–Crippen LogP) is 1.24. The molecule has 0 saturated heterocycles. The summed E-state index contributed by atoms with van der Waals surface area (Å²) in [5, 5.41) is 7.19. The van der Waals surface area contributed by atoms with E-state index in [1.54, 1.807) is 12.1 Å². The third-order valence-corrected chi connectivity index (χ3v) is 4.93. The molecule has 0 saturated carbocycles. The van der Waals surface area contributed by atoms with Crippen LogP contribution in [0.15, 0.2) is 33.9 Å². The topological polar surface area (TPSA) is 76.9 Å². The number of halogens is 2. The lowest BCUT2D eigenvalue weighted by molar-refractivity contribution is 0.560. The number of nitrogens with zero attached hydrogens (tertiary/aromatic N) is 3. The van der Waals surface area contributed by atoms with Crippen molar-refractivity contribution < 1.29 is 12.8 Å². The fourth-order valence-corrected chi connectivity index (χ4v) is 3.82. The van der Waals surface area contributed by atoms with Crippen LogP contribution in [0.4, 0.5) is 4.39 Å². The third kappa shape index (κ3) is 3.41. The van der Waals surface area contributed by atoms with Crippen molar-refractivity contribution in [3.05, 3.63) is 40.2 Å². The number of aryl methyl sites for hydroxylation is 1. The molecule has 0 unspecified atom stereocenters. The van der Waals surface area contributed by atoms with Crippen molar-refractivity contribution in [3.63, 3.8) is 0 Å². The molecule has 2 aromatic rings. The summed E-state index contributed by atoms with van der Waals surface area (Å²) in [7, 11) is -2.23. The Morgan fingerprint density at radius 1 is 1.45 bits per heavy atom. The maximum Gasteiger partial charge on any atom is 0.260 e. The quantitative estimate of drug-likeness (QED) is 0.867. The first-order chi connectivity index (χ1) is 9.40. The van der Waals surface area contributed by atoms with Gasteiger partial charge in [0.15, 0.2) is 4.60 Å². The number of hydrogen-bond donors (Lipinski definition) is 1. The zero-order chi connectivity index (χ0) is 14.8. The molecule has 6 nitrogen and oxygen atoms in total. The average molecular weight is 363 g/mol. The van der Waals surface area contributed by atoms with Crippen LogP contribution in [-0.2, 0) is 23.5 Å². The maximum atomic E-state index is 13.0. The van der Waals surface area contributed by atoms with Crippen molar-refractivity contribution in [2.45, 2.75) is 11.4 Å². The molecule has 1 heterocycles. The summed E-state index contributed by atoms with van der Waals surface area (Å²) >= 11 is 3.04. The van der Waals surface area contributed by atoms with Crippen molar-refractivity contribution in [3.8, 4) is 0 Å². The summed E-state index contributed by atoms with van der Waals surface area (Å²) in [6.07, 6.45) is 0.389. The fraction of sp³-hybridized carbons (Fsp3) is 0.273. The summed E-state index contributed by atoms with van der Waals surface area (Å²) in [6, 6.07) is 6.03. The molecule has 0 amide bonds. The molecule has 0 fully saturated rings. The van der Waals surface area contributed by atoms with Gasteiger partial charge in [-0.25, -0.2) is 22.2 Å². The van der Waals surface area contributed by atoms with Gasteiger partial charge < -0.3 is 0 Å². The van der Waals surface area contributed by atoms with E-state index in [0.29, 0.717) is 6.42 Å². The van der Waals surface area contributed by atoms with E-state index >= 15 is 0 Å². The number of nitrogens with one attached hydrogen (secondary N) is 1. The summed E-state index contributed by atoms with van der Waals surface area (Å²) in [6.45, 7) is 0.156. The standard InChI is InChI=1S/C11H12BrFN4O2S/c1-17-11(10(12)15-16-17)20(18,19)14-6-5-8-3-2-4-9(13)7-8/h2-4,7,14H,5-6H2,1H3. The van der Waals surface area contributed by atoms with Crippen LogP contribution in [0.3, 0.4) is 0 Å². The Labute approximate surface area is 124 Å². The zero-order valence-corrected chi connectivity index (χ0v) is 12.9. The van der Waals surface area contributed by atoms with E-state index in [4.69, 9.17) is 0 Å². The molecule has 0 aliphatic rings. The highest BCUT2D eigenvalue weighted by molar-refractivity contribution is 9.10. The van der Waals surface area contributed by atoms with Crippen LogP contribution in [0.25, 0.3) is 0 Å². The Kier molecular flexibility index (Phi) is 4.51. The smallest absolute Gasteiger partial charge is 0.235 e. The Bertz CT molecular complexity index is 697. The lowest BCUT2D eigenvalue weighted by Gasteiger charge is -2.06. The van der Waals surface area contributed by atoms with E-state index in [1.807, 2.05) is 0 Å². The van der Waals surface area contributed by atoms with Crippen molar-refractivity contribution in [1.82, 2.24) is 19.7 Å². The molecule has 1 aromatic heterocycles. The second kappa shape index (κ2) is 5.98. The summed E-state index contributed by atoms with van der Waals surface area (Å²) in [4.78, 5) is 0.